The summed E-state index contributed by atoms with van der Waals surface area (Å²) in [6, 6.07) is 0.908. The molecule has 0 fully saturated rings. The molecule has 6 heteroatoms. The van der Waals surface area contributed by atoms with Crippen LogP contribution in [0.15, 0.2) is 11.0 Å². The summed E-state index contributed by atoms with van der Waals surface area (Å²) in [6.07, 6.45) is 0.577. The molecule has 0 N–H and O–H groups in total. The minimum absolute atomic E-state index is 0.124. The minimum atomic E-state index is -1.03. The molecule has 0 amide bonds. The number of nitrogens with zero attached hydrogens (tertiary/aromatic N) is 1. The van der Waals surface area contributed by atoms with Gasteiger partial charge in [-0.05, 0) is 6.07 Å². The van der Waals surface area contributed by atoms with E-state index in [0.717, 1.165) is 6.07 Å². The highest BCUT2D eigenvalue weighted by atomic mass is 32.2. The Hall–Kier alpha value is -1.43. The Morgan fingerprint density at radius 1 is 1.44 bits per heavy atom. The molecule has 0 aliphatic carbocycles. The zero-order valence-corrected chi connectivity index (χ0v) is 10.1. The van der Waals surface area contributed by atoms with Crippen LogP contribution in [0.4, 0.5) is 14.5 Å². The van der Waals surface area contributed by atoms with Crippen molar-refractivity contribution in [1.29, 1.82) is 0 Å². The van der Waals surface area contributed by atoms with Crippen molar-refractivity contribution in [2.24, 2.45) is 5.92 Å². The average molecular weight is 269 g/mol. The predicted octanol–water partition coefficient (Wildman–Crippen LogP) is 1.89. The molecule has 94 valence electrons. The van der Waals surface area contributed by atoms with Crippen molar-refractivity contribution >= 4 is 29.5 Å². The number of Topliss-reactive ketones (excluding diaryl/α,β-unsaturated/α-hetero) is 1. The van der Waals surface area contributed by atoms with Crippen molar-refractivity contribution in [1.82, 2.24) is 0 Å². The Bertz CT molecular complexity index is 561. The standard InChI is InChI=1S/C12H9F2NO2S/c13-8-3-7-10-12(9(8)14)18-2-1-15(10)4-6(5-16)11(7)17/h3,5-6H,1-2,4H2. The third-order valence-electron chi connectivity index (χ3n) is 3.26. The highest BCUT2D eigenvalue weighted by molar-refractivity contribution is 7.99. The fraction of sp³-hybridized carbons (Fsp3) is 0.333. The van der Waals surface area contributed by atoms with E-state index in [1.807, 2.05) is 0 Å². The first-order chi connectivity index (χ1) is 8.63. The third-order valence-corrected chi connectivity index (χ3v) is 4.31. The van der Waals surface area contributed by atoms with Gasteiger partial charge in [-0.15, -0.1) is 11.8 Å². The van der Waals surface area contributed by atoms with E-state index in [1.54, 1.807) is 4.90 Å². The molecule has 2 aliphatic rings. The topological polar surface area (TPSA) is 37.4 Å². The molecular weight excluding hydrogens is 260 g/mol. The second-order valence-electron chi connectivity index (χ2n) is 4.30. The number of halogens is 2. The van der Waals surface area contributed by atoms with Crippen LogP contribution >= 0.6 is 11.8 Å². The van der Waals surface area contributed by atoms with Crippen molar-refractivity contribution in [3.63, 3.8) is 0 Å². The Labute approximate surface area is 106 Å². The first-order valence-electron chi connectivity index (χ1n) is 5.52. The van der Waals surface area contributed by atoms with Crippen LogP contribution < -0.4 is 4.90 Å². The molecule has 3 nitrogen and oxygen atoms in total. The van der Waals surface area contributed by atoms with Crippen LogP contribution in [-0.4, -0.2) is 30.9 Å². The number of carbonyl (C=O) groups is 2. The van der Waals surface area contributed by atoms with Gasteiger partial charge in [-0.2, -0.15) is 0 Å². The van der Waals surface area contributed by atoms with Crippen LogP contribution in [0.25, 0.3) is 0 Å². The van der Waals surface area contributed by atoms with Gasteiger partial charge in [0.15, 0.2) is 17.4 Å². The number of hydrogen-bond acceptors (Lipinski definition) is 4. The number of anilines is 1. The summed E-state index contributed by atoms with van der Waals surface area (Å²) >= 11 is 1.21. The molecule has 2 heterocycles. The van der Waals surface area contributed by atoms with Gasteiger partial charge < -0.3 is 9.69 Å². The molecule has 0 saturated heterocycles. The lowest BCUT2D eigenvalue weighted by atomic mass is 9.91. The van der Waals surface area contributed by atoms with Crippen molar-refractivity contribution in [3.05, 3.63) is 23.3 Å². The number of carbonyl (C=O) groups excluding carboxylic acids is 2. The normalized spacial score (nSPS) is 21.8. The molecule has 18 heavy (non-hydrogen) atoms. The van der Waals surface area contributed by atoms with E-state index in [2.05, 4.69) is 0 Å². The molecule has 1 unspecified atom stereocenters. The summed E-state index contributed by atoms with van der Waals surface area (Å²) in [7, 11) is 0. The van der Waals surface area contributed by atoms with Gasteiger partial charge in [-0.25, -0.2) is 8.78 Å². The number of thioether (sulfide) groups is 1. The van der Waals surface area contributed by atoms with E-state index in [1.165, 1.54) is 11.8 Å². The second-order valence-corrected chi connectivity index (χ2v) is 5.40. The predicted molar refractivity (Wildman–Crippen MR) is 63.2 cm³/mol. The molecule has 1 atom stereocenters. The van der Waals surface area contributed by atoms with E-state index in [-0.39, 0.29) is 17.0 Å². The van der Waals surface area contributed by atoms with E-state index >= 15 is 0 Å². The maximum absolute atomic E-state index is 13.7. The molecule has 3 rings (SSSR count). The van der Waals surface area contributed by atoms with Crippen LogP contribution in [0.3, 0.4) is 0 Å². The van der Waals surface area contributed by atoms with Gasteiger partial charge in [-0.3, -0.25) is 4.79 Å². The summed E-state index contributed by atoms with van der Waals surface area (Å²) in [5.41, 5.74) is 0.577. The minimum Gasteiger partial charge on any atom is -0.368 e. The Morgan fingerprint density at radius 3 is 2.94 bits per heavy atom. The monoisotopic (exact) mass is 269 g/mol. The van der Waals surface area contributed by atoms with Crippen LogP contribution in [0.5, 0.6) is 0 Å². The van der Waals surface area contributed by atoms with Gasteiger partial charge in [0.05, 0.1) is 16.5 Å². The quantitative estimate of drug-likeness (QED) is 0.576. The third kappa shape index (κ3) is 1.48. The molecule has 0 radical (unpaired) electrons. The smallest absolute Gasteiger partial charge is 0.177 e. The number of aldehydes is 1. The van der Waals surface area contributed by atoms with E-state index < -0.39 is 23.3 Å². The fourth-order valence-corrected chi connectivity index (χ4v) is 3.52. The fourth-order valence-electron chi connectivity index (χ4n) is 2.40. The summed E-state index contributed by atoms with van der Waals surface area (Å²) < 4.78 is 27.2. The SMILES string of the molecule is O=CC1CN2CCSc3c(F)c(F)cc(c32)C1=O. The Balaban J connectivity index is 2.26. The molecule has 0 saturated carbocycles. The molecule has 0 spiro atoms. The maximum Gasteiger partial charge on any atom is 0.177 e. The summed E-state index contributed by atoms with van der Waals surface area (Å²) in [5, 5.41) is 0. The highest BCUT2D eigenvalue weighted by Gasteiger charge is 2.37. The van der Waals surface area contributed by atoms with Crippen molar-refractivity contribution in [2.75, 3.05) is 23.7 Å². The largest absolute Gasteiger partial charge is 0.368 e. The highest BCUT2D eigenvalue weighted by Crippen LogP contribution is 2.43. The number of hydrogen-bond donors (Lipinski definition) is 0. The molecular formula is C12H9F2NO2S. The maximum atomic E-state index is 13.7. The molecule has 0 aromatic heterocycles. The first kappa shape index (κ1) is 11.6. The van der Waals surface area contributed by atoms with E-state index in [4.69, 9.17) is 0 Å². The Morgan fingerprint density at radius 2 is 2.22 bits per heavy atom. The van der Waals surface area contributed by atoms with Gasteiger partial charge in [0, 0.05) is 24.4 Å². The Kier molecular flexibility index (Phi) is 2.62. The van der Waals surface area contributed by atoms with Gasteiger partial charge in [-0.1, -0.05) is 0 Å². The van der Waals surface area contributed by atoms with Gasteiger partial charge in [0.1, 0.15) is 6.29 Å². The van der Waals surface area contributed by atoms with Crippen molar-refractivity contribution < 1.29 is 18.4 Å². The van der Waals surface area contributed by atoms with E-state index in [9.17, 15) is 18.4 Å². The van der Waals surface area contributed by atoms with E-state index in [0.29, 0.717) is 24.3 Å². The van der Waals surface area contributed by atoms with Crippen molar-refractivity contribution in [3.8, 4) is 0 Å². The van der Waals surface area contributed by atoms with Gasteiger partial charge in [0.25, 0.3) is 0 Å². The molecule has 2 aliphatic heterocycles. The number of ketones is 1. The van der Waals surface area contributed by atoms with Gasteiger partial charge >= 0.3 is 0 Å². The summed E-state index contributed by atoms with van der Waals surface area (Å²) in [5.74, 6) is -2.51. The lowest BCUT2D eigenvalue weighted by Crippen LogP contribution is -2.43. The zero-order valence-electron chi connectivity index (χ0n) is 9.28. The first-order valence-corrected chi connectivity index (χ1v) is 6.51. The van der Waals surface area contributed by atoms with Crippen molar-refractivity contribution in [2.45, 2.75) is 4.90 Å². The molecule has 1 aromatic rings. The van der Waals surface area contributed by atoms with Crippen LogP contribution in [0.1, 0.15) is 10.4 Å². The number of rotatable bonds is 1. The average Bonchev–Trinajstić information content (AvgIpc) is 2.38. The van der Waals surface area contributed by atoms with Crippen LogP contribution in [0, 0.1) is 17.6 Å². The second kappa shape index (κ2) is 4.05. The summed E-state index contributed by atoms with van der Waals surface area (Å²) in [4.78, 5) is 24.9. The molecule has 0 bridgehead atoms. The lowest BCUT2D eigenvalue weighted by molar-refractivity contribution is -0.109. The summed E-state index contributed by atoms with van der Waals surface area (Å²) in [6.45, 7) is 0.890. The van der Waals surface area contributed by atoms with Crippen LogP contribution in [0.2, 0.25) is 0 Å². The zero-order chi connectivity index (χ0) is 12.9. The van der Waals surface area contributed by atoms with Gasteiger partial charge in [0.2, 0.25) is 0 Å². The number of benzene rings is 1. The lowest BCUT2D eigenvalue weighted by Gasteiger charge is -2.37. The van der Waals surface area contributed by atoms with Crippen LogP contribution in [-0.2, 0) is 4.79 Å². The molecule has 1 aromatic carbocycles.